The second kappa shape index (κ2) is 14.7. The van der Waals surface area contributed by atoms with Gasteiger partial charge in [0.25, 0.3) is 0 Å². The molecule has 0 N–H and O–H groups in total. The number of thioether (sulfide) groups is 2. The van der Waals surface area contributed by atoms with Crippen LogP contribution in [0.3, 0.4) is 0 Å². The topological polar surface area (TPSA) is 6.48 Å². The molecule has 2 saturated heterocycles. The highest BCUT2D eigenvalue weighted by molar-refractivity contribution is 8.23. The quantitative estimate of drug-likeness (QED) is 0.215. The molecule has 2 fully saturated rings. The molecule has 0 amide bonds. The number of unbranched alkanes of at least 4 members (excludes halogenated alkanes) is 7. The molecule has 0 bridgehead atoms. The molecule has 2 aliphatic heterocycles. The summed E-state index contributed by atoms with van der Waals surface area (Å²) in [5.74, 6) is 2.39. The molecule has 0 radical (unpaired) electrons. The molecule has 0 spiro atoms. The maximum atomic E-state index is 5.65. The third kappa shape index (κ3) is 11.7. The minimum absolute atomic E-state index is 1.12. The van der Waals surface area contributed by atoms with Gasteiger partial charge < -0.3 is 18.8 Å². The van der Waals surface area contributed by atoms with Gasteiger partial charge in [-0.15, -0.1) is 0 Å². The summed E-state index contributed by atoms with van der Waals surface area (Å²) >= 11 is 15.1. The number of likely N-dealkylation sites (N-methyl/N-ethyl adjacent to an activating group) is 2. The van der Waals surface area contributed by atoms with Crippen LogP contribution in [0.2, 0.25) is 0 Å². The summed E-state index contributed by atoms with van der Waals surface area (Å²) < 4.78 is 4.52. The molecule has 2 heterocycles. The van der Waals surface area contributed by atoms with Crippen LogP contribution in [0.25, 0.3) is 0 Å². The Morgan fingerprint density at radius 1 is 0.562 bits per heavy atom. The van der Waals surface area contributed by atoms with Gasteiger partial charge in [0.15, 0.2) is 0 Å². The molecule has 0 unspecified atom stereocenters. The van der Waals surface area contributed by atoms with Crippen molar-refractivity contribution in [3.63, 3.8) is 0 Å². The number of quaternary nitrogens is 2. The molecule has 0 aromatic heterocycles. The van der Waals surface area contributed by atoms with Gasteiger partial charge in [-0.2, -0.15) is 0 Å². The third-order valence-corrected chi connectivity index (χ3v) is 10.1. The van der Waals surface area contributed by atoms with E-state index in [2.05, 4.69) is 38.0 Å². The van der Waals surface area contributed by atoms with Crippen LogP contribution < -0.4 is 0 Å². The highest BCUT2D eigenvalue weighted by atomic mass is 32.2. The van der Waals surface area contributed by atoms with Gasteiger partial charge in [-0.1, -0.05) is 86.5 Å². The Morgan fingerprint density at radius 2 is 0.844 bits per heavy atom. The number of piperazine rings is 2. The fourth-order valence-corrected chi connectivity index (χ4v) is 6.79. The van der Waals surface area contributed by atoms with Crippen molar-refractivity contribution in [3.05, 3.63) is 0 Å². The van der Waals surface area contributed by atoms with E-state index in [0.717, 1.165) is 43.8 Å². The molecular formula is C24H48N4S4+2. The predicted molar refractivity (Wildman–Crippen MR) is 154 cm³/mol. The monoisotopic (exact) mass is 520 g/mol. The number of hydrogen-bond acceptors (Lipinski definition) is 4. The van der Waals surface area contributed by atoms with Gasteiger partial charge in [0.2, 0.25) is 0 Å². The van der Waals surface area contributed by atoms with Crippen molar-refractivity contribution >= 4 is 56.6 Å². The van der Waals surface area contributed by atoms with Crippen molar-refractivity contribution in [2.24, 2.45) is 0 Å². The average Bonchev–Trinajstić information content (AvgIpc) is 2.74. The maximum Gasteiger partial charge on any atom is 0.136 e. The summed E-state index contributed by atoms with van der Waals surface area (Å²) in [6.45, 7) is 9.34. The van der Waals surface area contributed by atoms with Crippen molar-refractivity contribution in [1.29, 1.82) is 0 Å². The van der Waals surface area contributed by atoms with E-state index < -0.39 is 0 Å². The minimum Gasteiger partial charge on any atom is -0.346 e. The first-order valence-electron chi connectivity index (χ1n) is 12.7. The average molecular weight is 521 g/mol. The highest BCUT2D eigenvalue weighted by Crippen LogP contribution is 2.19. The molecule has 8 heteroatoms. The van der Waals surface area contributed by atoms with Gasteiger partial charge in [0.05, 0.1) is 80.5 Å². The molecule has 0 aliphatic carbocycles. The Kier molecular flexibility index (Phi) is 13.2. The maximum absolute atomic E-state index is 5.65. The van der Waals surface area contributed by atoms with Crippen LogP contribution in [-0.4, -0.2) is 119 Å². The van der Waals surface area contributed by atoms with E-state index in [0.29, 0.717) is 0 Å². The summed E-state index contributed by atoms with van der Waals surface area (Å²) in [6, 6.07) is 0. The van der Waals surface area contributed by atoms with E-state index in [4.69, 9.17) is 24.4 Å². The van der Waals surface area contributed by atoms with E-state index in [1.54, 1.807) is 0 Å². The van der Waals surface area contributed by atoms with E-state index in [1.807, 2.05) is 23.5 Å². The predicted octanol–water partition coefficient (Wildman–Crippen LogP) is 4.93. The zero-order valence-corrected chi connectivity index (χ0v) is 24.4. The third-order valence-electron chi connectivity index (χ3n) is 6.91. The van der Waals surface area contributed by atoms with E-state index >= 15 is 0 Å². The number of nitrogens with zero attached hydrogens (tertiary/aromatic N) is 4. The first-order valence-corrected chi connectivity index (χ1v) is 15.4. The van der Waals surface area contributed by atoms with Crippen molar-refractivity contribution in [3.8, 4) is 0 Å². The largest absolute Gasteiger partial charge is 0.346 e. The van der Waals surface area contributed by atoms with E-state index in [1.165, 1.54) is 89.1 Å². The van der Waals surface area contributed by atoms with Gasteiger partial charge in [-0.25, -0.2) is 0 Å². The van der Waals surface area contributed by atoms with Crippen LogP contribution in [0, 0.1) is 0 Å². The Labute approximate surface area is 218 Å². The lowest BCUT2D eigenvalue weighted by Gasteiger charge is -2.39. The molecule has 4 nitrogen and oxygen atoms in total. The molecule has 0 saturated carbocycles. The second-order valence-corrected chi connectivity index (χ2v) is 14.3. The Bertz CT molecular complexity index is 512. The van der Waals surface area contributed by atoms with Crippen LogP contribution in [0.4, 0.5) is 0 Å². The minimum atomic E-state index is 1.12. The highest BCUT2D eigenvalue weighted by Gasteiger charge is 2.26. The zero-order valence-electron chi connectivity index (χ0n) is 21.1. The number of hydrogen-bond donors (Lipinski definition) is 0. The van der Waals surface area contributed by atoms with Crippen molar-refractivity contribution in [2.45, 2.75) is 51.4 Å². The van der Waals surface area contributed by atoms with Crippen LogP contribution in [-0.2, 0) is 0 Å². The lowest BCUT2D eigenvalue weighted by molar-refractivity contribution is -0.893. The fraction of sp³-hybridized carbons (Fsp3) is 0.917. The normalized spacial score (nSPS) is 20.4. The standard InChI is InChI=1S/C24H48N4S4/c1-27(2)17-13-25(14-18-27)23(29)31-21-11-9-7-5-6-8-10-12-22-32-24(30)26-15-19-28(3,4)20-16-26/h5-22H2,1-4H3/q+2. The SMILES string of the molecule is C[N+]1(C)CCN(C(=S)SCCCCCCCCCCSC(=S)N2CC[N+](C)(C)CC2)CC1. The summed E-state index contributed by atoms with van der Waals surface area (Å²) in [5.41, 5.74) is 0. The Morgan fingerprint density at radius 3 is 1.16 bits per heavy atom. The van der Waals surface area contributed by atoms with Crippen LogP contribution >= 0.6 is 48.0 Å². The molecule has 0 atom stereocenters. The van der Waals surface area contributed by atoms with Gasteiger partial charge >= 0.3 is 0 Å². The lowest BCUT2D eigenvalue weighted by Crippen LogP contribution is -2.55. The molecular weight excluding hydrogens is 473 g/mol. The molecule has 0 aromatic rings. The number of thiocarbonyl (C=S) groups is 2. The Hall–Kier alpha value is 0.400. The van der Waals surface area contributed by atoms with Crippen molar-refractivity contribution in [1.82, 2.24) is 9.80 Å². The summed E-state index contributed by atoms with van der Waals surface area (Å²) in [7, 11) is 9.27. The van der Waals surface area contributed by atoms with Crippen LogP contribution in [0.5, 0.6) is 0 Å². The van der Waals surface area contributed by atoms with Crippen molar-refractivity contribution < 1.29 is 8.97 Å². The van der Waals surface area contributed by atoms with E-state index in [9.17, 15) is 0 Å². The van der Waals surface area contributed by atoms with Gasteiger partial charge in [0.1, 0.15) is 8.64 Å². The zero-order chi connectivity index (χ0) is 23.5. The first kappa shape index (κ1) is 28.6. The number of rotatable bonds is 11. The molecule has 186 valence electrons. The summed E-state index contributed by atoms with van der Waals surface area (Å²) in [6.07, 6.45) is 10.9. The fourth-order valence-electron chi connectivity index (χ4n) is 4.14. The molecule has 2 rings (SSSR count). The van der Waals surface area contributed by atoms with Crippen LogP contribution in [0.15, 0.2) is 0 Å². The lowest BCUT2D eigenvalue weighted by atomic mass is 10.1. The van der Waals surface area contributed by atoms with Gasteiger partial charge in [-0.05, 0) is 12.8 Å². The molecule has 0 aromatic carbocycles. The Balaban J connectivity index is 1.34. The van der Waals surface area contributed by atoms with E-state index in [-0.39, 0.29) is 0 Å². The van der Waals surface area contributed by atoms with Gasteiger partial charge in [0, 0.05) is 11.5 Å². The first-order chi connectivity index (χ1) is 15.2. The smallest absolute Gasteiger partial charge is 0.136 e. The van der Waals surface area contributed by atoms with Crippen molar-refractivity contribution in [2.75, 3.05) is 92.1 Å². The molecule has 32 heavy (non-hydrogen) atoms. The van der Waals surface area contributed by atoms with Gasteiger partial charge in [-0.3, -0.25) is 0 Å². The van der Waals surface area contributed by atoms with Crippen LogP contribution in [0.1, 0.15) is 51.4 Å². The summed E-state index contributed by atoms with van der Waals surface area (Å²) in [5, 5.41) is 0. The second-order valence-electron chi connectivity index (χ2n) is 10.8. The summed E-state index contributed by atoms with van der Waals surface area (Å²) in [4.78, 5) is 4.84. The molecule has 2 aliphatic rings.